The van der Waals surface area contributed by atoms with Crippen LogP contribution < -0.4 is 5.32 Å². The summed E-state index contributed by atoms with van der Waals surface area (Å²) in [4.78, 5) is 14.7. The fraction of sp³-hybridized carbons (Fsp3) is 0.938. The fourth-order valence-electron chi connectivity index (χ4n) is 4.16. The fourth-order valence-corrected chi connectivity index (χ4v) is 4.16. The molecule has 1 amide bonds. The molecule has 1 N–H and O–H groups in total. The van der Waals surface area contributed by atoms with Gasteiger partial charge in [0, 0.05) is 19.0 Å². The third-order valence-corrected chi connectivity index (χ3v) is 5.96. The van der Waals surface area contributed by atoms with Gasteiger partial charge in [-0.25, -0.2) is 0 Å². The van der Waals surface area contributed by atoms with Crippen molar-refractivity contribution in [1.29, 1.82) is 0 Å². The molecule has 2 heterocycles. The largest absolute Gasteiger partial charge is 0.342 e. The lowest BCUT2D eigenvalue weighted by atomic mass is 9.68. The van der Waals surface area contributed by atoms with Gasteiger partial charge in [-0.1, -0.05) is 26.2 Å². The molecule has 108 valence electrons. The van der Waals surface area contributed by atoms with Crippen LogP contribution in [0.25, 0.3) is 0 Å². The van der Waals surface area contributed by atoms with Gasteiger partial charge in [-0.3, -0.25) is 4.79 Å². The molecule has 3 fully saturated rings. The van der Waals surface area contributed by atoms with Crippen LogP contribution in [0.1, 0.15) is 51.9 Å². The molecule has 1 saturated carbocycles. The van der Waals surface area contributed by atoms with E-state index < -0.39 is 0 Å². The van der Waals surface area contributed by atoms with Crippen LogP contribution in [0.4, 0.5) is 0 Å². The number of rotatable bonds is 2. The molecule has 3 heteroatoms. The van der Waals surface area contributed by atoms with E-state index in [4.69, 9.17) is 0 Å². The summed E-state index contributed by atoms with van der Waals surface area (Å²) in [6, 6.07) is 0. The van der Waals surface area contributed by atoms with Crippen molar-refractivity contribution < 1.29 is 4.79 Å². The highest BCUT2D eigenvalue weighted by atomic mass is 16.2. The van der Waals surface area contributed by atoms with Crippen LogP contribution in [-0.4, -0.2) is 37.0 Å². The molecular formula is C16H28N2O. The maximum atomic E-state index is 12.5. The summed E-state index contributed by atoms with van der Waals surface area (Å²) in [5.74, 6) is 1.22. The third-order valence-electron chi connectivity index (χ3n) is 5.96. The Morgan fingerprint density at radius 1 is 1.11 bits per heavy atom. The number of hydrogen-bond acceptors (Lipinski definition) is 2. The Labute approximate surface area is 117 Å². The highest BCUT2D eigenvalue weighted by Crippen LogP contribution is 2.44. The monoisotopic (exact) mass is 264 g/mol. The van der Waals surface area contributed by atoms with Crippen molar-refractivity contribution in [3.8, 4) is 0 Å². The molecular weight excluding hydrogens is 236 g/mol. The quantitative estimate of drug-likeness (QED) is 0.830. The zero-order chi connectivity index (χ0) is 13.3. The van der Waals surface area contributed by atoms with Crippen LogP contribution in [0.5, 0.6) is 0 Å². The highest BCUT2D eigenvalue weighted by Gasteiger charge is 2.38. The number of hydrogen-bond donors (Lipinski definition) is 1. The Morgan fingerprint density at radius 3 is 2.26 bits per heavy atom. The highest BCUT2D eigenvalue weighted by molar-refractivity contribution is 5.79. The maximum absolute atomic E-state index is 12.5. The molecule has 1 atom stereocenters. The van der Waals surface area contributed by atoms with Crippen molar-refractivity contribution in [3.05, 3.63) is 0 Å². The van der Waals surface area contributed by atoms with Crippen molar-refractivity contribution in [3.63, 3.8) is 0 Å². The zero-order valence-corrected chi connectivity index (χ0v) is 12.3. The van der Waals surface area contributed by atoms with Gasteiger partial charge in [0.2, 0.25) is 5.91 Å². The minimum Gasteiger partial charge on any atom is -0.342 e. The number of piperidine rings is 1. The molecule has 2 aliphatic heterocycles. The minimum absolute atomic E-state index is 0.224. The Balaban J connectivity index is 1.52. The van der Waals surface area contributed by atoms with Gasteiger partial charge in [0.15, 0.2) is 0 Å². The summed E-state index contributed by atoms with van der Waals surface area (Å²) < 4.78 is 0. The smallest absolute Gasteiger partial charge is 0.225 e. The molecule has 3 nitrogen and oxygen atoms in total. The first-order chi connectivity index (χ1) is 9.20. The Morgan fingerprint density at radius 2 is 1.74 bits per heavy atom. The second kappa shape index (κ2) is 5.43. The number of nitrogens with zero attached hydrogens (tertiary/aromatic N) is 1. The predicted molar refractivity (Wildman–Crippen MR) is 76.9 cm³/mol. The SMILES string of the molecule is CC(C(=O)N1CCC2(CCCCC2)CC1)C1CNC1. The van der Waals surface area contributed by atoms with Gasteiger partial charge in [-0.05, 0) is 50.1 Å². The topological polar surface area (TPSA) is 32.3 Å². The second-order valence-electron chi connectivity index (χ2n) is 7.09. The second-order valence-corrected chi connectivity index (χ2v) is 7.09. The first-order valence-electron chi connectivity index (χ1n) is 8.20. The van der Waals surface area contributed by atoms with Crippen LogP contribution in [0.3, 0.4) is 0 Å². The third kappa shape index (κ3) is 2.67. The van der Waals surface area contributed by atoms with E-state index in [-0.39, 0.29) is 5.92 Å². The predicted octanol–water partition coefficient (Wildman–Crippen LogP) is 2.41. The molecule has 3 aliphatic rings. The zero-order valence-electron chi connectivity index (χ0n) is 12.3. The molecule has 0 aromatic carbocycles. The number of likely N-dealkylation sites (tertiary alicyclic amines) is 1. The molecule has 2 saturated heterocycles. The van der Waals surface area contributed by atoms with Crippen LogP contribution in [-0.2, 0) is 4.79 Å². The summed E-state index contributed by atoms with van der Waals surface area (Å²) >= 11 is 0. The van der Waals surface area contributed by atoms with Gasteiger partial charge < -0.3 is 10.2 Å². The van der Waals surface area contributed by atoms with E-state index in [2.05, 4.69) is 17.1 Å². The molecule has 1 unspecified atom stereocenters. The Hall–Kier alpha value is -0.570. The maximum Gasteiger partial charge on any atom is 0.225 e. The van der Waals surface area contributed by atoms with Crippen molar-refractivity contribution in [1.82, 2.24) is 10.2 Å². The lowest BCUT2D eigenvalue weighted by Gasteiger charge is -2.45. The van der Waals surface area contributed by atoms with Crippen molar-refractivity contribution >= 4 is 5.91 Å². The van der Waals surface area contributed by atoms with E-state index in [1.54, 1.807) is 0 Å². The minimum atomic E-state index is 0.224. The van der Waals surface area contributed by atoms with E-state index in [0.717, 1.165) is 26.2 Å². The lowest BCUT2D eigenvalue weighted by Crippen LogP contribution is -2.52. The lowest BCUT2D eigenvalue weighted by molar-refractivity contribution is -0.140. The molecule has 0 bridgehead atoms. The average Bonchev–Trinajstić information content (AvgIpc) is 2.38. The number of carbonyl (C=O) groups is 1. The molecule has 3 rings (SSSR count). The van der Waals surface area contributed by atoms with Crippen molar-refractivity contribution in [2.45, 2.75) is 51.9 Å². The summed E-state index contributed by atoms with van der Waals surface area (Å²) in [6.07, 6.45) is 9.60. The molecule has 0 aromatic heterocycles. The average molecular weight is 264 g/mol. The van der Waals surface area contributed by atoms with Crippen LogP contribution in [0.15, 0.2) is 0 Å². The molecule has 19 heavy (non-hydrogen) atoms. The van der Waals surface area contributed by atoms with Crippen molar-refractivity contribution in [2.24, 2.45) is 17.3 Å². The summed E-state index contributed by atoms with van der Waals surface area (Å²) in [6.45, 7) is 6.22. The molecule has 0 radical (unpaired) electrons. The molecule has 1 spiro atoms. The summed E-state index contributed by atoms with van der Waals surface area (Å²) in [5.41, 5.74) is 0.607. The van der Waals surface area contributed by atoms with Crippen LogP contribution >= 0.6 is 0 Å². The number of nitrogens with one attached hydrogen (secondary N) is 1. The van der Waals surface area contributed by atoms with Crippen LogP contribution in [0, 0.1) is 17.3 Å². The number of amides is 1. The summed E-state index contributed by atoms with van der Waals surface area (Å²) in [7, 11) is 0. The van der Waals surface area contributed by atoms with Crippen molar-refractivity contribution in [2.75, 3.05) is 26.2 Å². The van der Waals surface area contributed by atoms with E-state index in [9.17, 15) is 4.79 Å². The standard InChI is InChI=1S/C16H28N2O/c1-13(14-11-17-12-14)15(19)18-9-7-16(8-10-18)5-3-2-4-6-16/h13-14,17H,2-12H2,1H3. The normalized spacial score (nSPS) is 29.0. The van der Waals surface area contributed by atoms with E-state index in [0.29, 0.717) is 17.2 Å². The van der Waals surface area contributed by atoms with Gasteiger partial charge in [-0.2, -0.15) is 0 Å². The Bertz CT molecular complexity index is 322. The van der Waals surface area contributed by atoms with Gasteiger partial charge in [0.1, 0.15) is 0 Å². The first kappa shape index (κ1) is 13.4. The number of carbonyl (C=O) groups excluding carboxylic acids is 1. The van der Waals surface area contributed by atoms with E-state index in [1.165, 1.54) is 44.9 Å². The van der Waals surface area contributed by atoms with E-state index >= 15 is 0 Å². The van der Waals surface area contributed by atoms with Gasteiger partial charge in [0.25, 0.3) is 0 Å². The first-order valence-corrected chi connectivity index (χ1v) is 8.20. The molecule has 0 aromatic rings. The molecule has 1 aliphatic carbocycles. The van der Waals surface area contributed by atoms with E-state index in [1.807, 2.05) is 0 Å². The van der Waals surface area contributed by atoms with Gasteiger partial charge in [-0.15, -0.1) is 0 Å². The summed E-state index contributed by atoms with van der Waals surface area (Å²) in [5, 5.41) is 3.28. The van der Waals surface area contributed by atoms with Crippen LogP contribution in [0.2, 0.25) is 0 Å². The van der Waals surface area contributed by atoms with Gasteiger partial charge >= 0.3 is 0 Å². The van der Waals surface area contributed by atoms with Gasteiger partial charge in [0.05, 0.1) is 0 Å². The Kier molecular flexibility index (Phi) is 3.84.